The van der Waals surface area contributed by atoms with Gasteiger partial charge in [0.15, 0.2) is 11.5 Å². The Morgan fingerprint density at radius 2 is 1.75 bits per heavy atom. The number of para-hydroxylation sites is 3. The van der Waals surface area contributed by atoms with Crippen LogP contribution in [-0.2, 0) is 17.7 Å². The highest BCUT2D eigenvalue weighted by Crippen LogP contribution is 2.37. The number of nitrogens with zero attached hydrogens (tertiary/aromatic N) is 3. The third kappa shape index (κ3) is 6.87. The summed E-state index contributed by atoms with van der Waals surface area (Å²) in [5.74, 6) is 2.66. The van der Waals surface area contributed by atoms with E-state index < -0.39 is 6.10 Å². The monoisotopic (exact) mass is 493 g/mol. The third-order valence-electron chi connectivity index (χ3n) is 6.32. The molecule has 7 heteroatoms. The van der Waals surface area contributed by atoms with Gasteiger partial charge in [0.05, 0.1) is 42.9 Å². The molecule has 1 fully saturated rings. The summed E-state index contributed by atoms with van der Waals surface area (Å²) in [6.07, 6.45) is 2.79. The van der Waals surface area contributed by atoms with E-state index >= 15 is 0 Å². The van der Waals surface area contributed by atoms with Gasteiger partial charge in [-0.25, -0.2) is 4.68 Å². The van der Waals surface area contributed by atoms with Crippen LogP contribution in [0.4, 0.5) is 0 Å². The van der Waals surface area contributed by atoms with Crippen LogP contribution in [0.25, 0.3) is 5.69 Å². The second-order valence-electron chi connectivity index (χ2n) is 9.76. The molecule has 0 saturated heterocycles. The molecule has 1 atom stereocenters. The Labute approximate surface area is 214 Å². The number of aryl methyl sites for hydroxylation is 1. The third-order valence-corrected chi connectivity index (χ3v) is 6.32. The maximum absolute atomic E-state index is 10.7. The first-order chi connectivity index (χ1) is 17.5. The van der Waals surface area contributed by atoms with Crippen LogP contribution in [0, 0.1) is 5.92 Å². The Morgan fingerprint density at radius 3 is 2.39 bits per heavy atom. The Hall–Kier alpha value is -2.87. The molecular formula is C29H39N3O4. The smallest absolute Gasteiger partial charge is 0.227 e. The van der Waals surface area contributed by atoms with Gasteiger partial charge in [-0.05, 0) is 63.3 Å². The van der Waals surface area contributed by atoms with Crippen molar-refractivity contribution in [2.45, 2.75) is 58.8 Å². The first kappa shape index (κ1) is 26.2. The van der Waals surface area contributed by atoms with E-state index in [4.69, 9.17) is 19.3 Å². The Morgan fingerprint density at radius 1 is 1.06 bits per heavy atom. The fourth-order valence-corrected chi connectivity index (χ4v) is 4.32. The lowest BCUT2D eigenvalue weighted by atomic mass is 10.1. The van der Waals surface area contributed by atoms with Gasteiger partial charge in [-0.3, -0.25) is 4.90 Å². The second kappa shape index (κ2) is 12.4. The normalized spacial score (nSPS) is 14.4. The Balaban J connectivity index is 1.69. The van der Waals surface area contributed by atoms with Crippen molar-refractivity contribution in [3.8, 4) is 23.1 Å². The lowest BCUT2D eigenvalue weighted by Gasteiger charge is -2.26. The predicted octanol–water partition coefficient (Wildman–Crippen LogP) is 5.23. The molecule has 194 valence electrons. The van der Waals surface area contributed by atoms with E-state index in [1.165, 1.54) is 12.8 Å². The molecule has 0 unspecified atom stereocenters. The van der Waals surface area contributed by atoms with Gasteiger partial charge in [0.25, 0.3) is 0 Å². The zero-order chi connectivity index (χ0) is 25.5. The van der Waals surface area contributed by atoms with Gasteiger partial charge in [0, 0.05) is 19.6 Å². The van der Waals surface area contributed by atoms with E-state index in [1.54, 1.807) is 7.11 Å². The summed E-state index contributed by atoms with van der Waals surface area (Å²) in [7, 11) is 1.65. The number of aromatic nitrogens is 2. The zero-order valence-corrected chi connectivity index (χ0v) is 21.9. The van der Waals surface area contributed by atoms with Crippen molar-refractivity contribution in [3.05, 3.63) is 65.9 Å². The number of methoxy groups -OCH3 is 1. The maximum Gasteiger partial charge on any atom is 0.227 e. The molecule has 0 amide bonds. The fourth-order valence-electron chi connectivity index (χ4n) is 4.32. The van der Waals surface area contributed by atoms with Gasteiger partial charge < -0.3 is 19.3 Å². The standard InChI is InChI=1S/C29H39N3O4/c1-5-26-25(19-31(17-22-15-16-22)18-24(33)20-35-21(2)3)29(32(30-26)23-11-7-6-8-12-23)36-28-14-10-9-13-27(28)34-4/h6-14,21-22,24,33H,5,15-20H2,1-4H3/t24-/m1/s1. The van der Waals surface area contributed by atoms with Crippen molar-refractivity contribution < 1.29 is 19.3 Å². The largest absolute Gasteiger partial charge is 0.493 e. The van der Waals surface area contributed by atoms with Gasteiger partial charge in [-0.1, -0.05) is 37.3 Å². The van der Waals surface area contributed by atoms with Crippen molar-refractivity contribution >= 4 is 0 Å². The average Bonchev–Trinajstić information content (AvgIpc) is 3.64. The first-order valence-electron chi connectivity index (χ1n) is 13.0. The van der Waals surface area contributed by atoms with Crippen molar-refractivity contribution in [1.82, 2.24) is 14.7 Å². The van der Waals surface area contributed by atoms with Crippen LogP contribution in [0.3, 0.4) is 0 Å². The molecule has 4 rings (SSSR count). The quantitative estimate of drug-likeness (QED) is 0.332. The van der Waals surface area contributed by atoms with Gasteiger partial charge in [0.2, 0.25) is 5.88 Å². The molecule has 36 heavy (non-hydrogen) atoms. The van der Waals surface area contributed by atoms with E-state index in [2.05, 4.69) is 11.8 Å². The zero-order valence-electron chi connectivity index (χ0n) is 21.9. The van der Waals surface area contributed by atoms with Gasteiger partial charge in [-0.15, -0.1) is 0 Å². The molecule has 0 spiro atoms. The molecular weight excluding hydrogens is 454 g/mol. The number of hydrogen-bond acceptors (Lipinski definition) is 6. The highest BCUT2D eigenvalue weighted by molar-refractivity contribution is 5.47. The number of aliphatic hydroxyl groups is 1. The van der Waals surface area contributed by atoms with E-state index in [1.807, 2.05) is 73.1 Å². The number of hydrogen-bond donors (Lipinski definition) is 1. The van der Waals surface area contributed by atoms with Gasteiger partial charge in [-0.2, -0.15) is 5.10 Å². The number of aliphatic hydroxyl groups excluding tert-OH is 1. The topological polar surface area (TPSA) is 69.0 Å². The molecule has 0 radical (unpaired) electrons. The maximum atomic E-state index is 10.7. The summed E-state index contributed by atoms with van der Waals surface area (Å²) >= 11 is 0. The number of benzene rings is 2. The average molecular weight is 494 g/mol. The summed E-state index contributed by atoms with van der Waals surface area (Å²) in [4.78, 5) is 2.33. The van der Waals surface area contributed by atoms with Crippen LogP contribution >= 0.6 is 0 Å². The van der Waals surface area contributed by atoms with E-state index in [0.29, 0.717) is 43.0 Å². The molecule has 0 aliphatic heterocycles. The molecule has 1 heterocycles. The molecule has 1 aliphatic rings. The van der Waals surface area contributed by atoms with Crippen LogP contribution in [-0.4, -0.2) is 58.8 Å². The molecule has 1 N–H and O–H groups in total. The first-order valence-corrected chi connectivity index (χ1v) is 13.0. The van der Waals surface area contributed by atoms with Crippen LogP contribution in [0.15, 0.2) is 54.6 Å². The van der Waals surface area contributed by atoms with Gasteiger partial charge in [0.1, 0.15) is 0 Å². The van der Waals surface area contributed by atoms with E-state index in [-0.39, 0.29) is 6.10 Å². The number of rotatable bonds is 14. The molecule has 7 nitrogen and oxygen atoms in total. The minimum absolute atomic E-state index is 0.0909. The van der Waals surface area contributed by atoms with Crippen LogP contribution < -0.4 is 9.47 Å². The molecule has 2 aromatic carbocycles. The Bertz CT molecular complexity index is 1100. The Kier molecular flexibility index (Phi) is 9.02. The van der Waals surface area contributed by atoms with Crippen molar-refractivity contribution in [1.29, 1.82) is 0 Å². The van der Waals surface area contributed by atoms with Crippen LogP contribution in [0.5, 0.6) is 17.4 Å². The van der Waals surface area contributed by atoms with Crippen molar-refractivity contribution in [3.63, 3.8) is 0 Å². The number of ether oxygens (including phenoxy) is 3. The molecule has 0 bridgehead atoms. The SMILES string of the molecule is CCc1nn(-c2ccccc2)c(Oc2ccccc2OC)c1CN(CC1CC1)C[C@@H](O)COC(C)C. The minimum atomic E-state index is -0.556. The minimum Gasteiger partial charge on any atom is -0.493 e. The lowest BCUT2D eigenvalue weighted by molar-refractivity contribution is -0.0101. The predicted molar refractivity (Wildman–Crippen MR) is 141 cm³/mol. The fraction of sp³-hybridized carbons (Fsp3) is 0.483. The lowest BCUT2D eigenvalue weighted by Crippen LogP contribution is -2.36. The molecule has 3 aromatic rings. The highest BCUT2D eigenvalue weighted by Gasteiger charge is 2.29. The highest BCUT2D eigenvalue weighted by atomic mass is 16.5. The van der Waals surface area contributed by atoms with E-state index in [9.17, 15) is 5.11 Å². The van der Waals surface area contributed by atoms with Crippen LogP contribution in [0.2, 0.25) is 0 Å². The molecule has 1 aliphatic carbocycles. The van der Waals surface area contributed by atoms with Crippen molar-refractivity contribution in [2.75, 3.05) is 26.8 Å². The summed E-state index contributed by atoms with van der Waals surface area (Å²) in [6.45, 7) is 8.53. The second-order valence-corrected chi connectivity index (χ2v) is 9.76. The summed E-state index contributed by atoms with van der Waals surface area (Å²) in [5, 5.41) is 15.7. The summed E-state index contributed by atoms with van der Waals surface area (Å²) < 4.78 is 19.7. The van der Waals surface area contributed by atoms with E-state index in [0.717, 1.165) is 29.9 Å². The summed E-state index contributed by atoms with van der Waals surface area (Å²) in [5.41, 5.74) is 2.95. The van der Waals surface area contributed by atoms with Crippen LogP contribution in [0.1, 0.15) is 44.9 Å². The molecule has 1 aromatic heterocycles. The van der Waals surface area contributed by atoms with Gasteiger partial charge >= 0.3 is 0 Å². The molecule has 1 saturated carbocycles. The summed E-state index contributed by atoms with van der Waals surface area (Å²) in [6, 6.07) is 17.7. The van der Waals surface area contributed by atoms with Crippen molar-refractivity contribution in [2.24, 2.45) is 5.92 Å².